The number of pyridine rings is 2. The van der Waals surface area contributed by atoms with E-state index < -0.39 is 0 Å². The molecule has 0 radical (unpaired) electrons. The molecule has 6 aromatic rings. The zero-order valence-corrected chi connectivity index (χ0v) is 22.5. The number of aromatic nitrogens is 5. The Morgan fingerprint density at radius 1 is 0.927 bits per heavy atom. The lowest BCUT2D eigenvalue weighted by molar-refractivity contribution is -0.117. The van der Waals surface area contributed by atoms with Crippen molar-refractivity contribution in [2.45, 2.75) is 38.5 Å². The molecule has 0 aliphatic heterocycles. The number of H-pyrrole nitrogens is 2. The molecule has 7 nitrogen and oxygen atoms in total. The number of rotatable bonds is 6. The summed E-state index contributed by atoms with van der Waals surface area (Å²) in [6.45, 7) is 0. The predicted molar refractivity (Wildman–Crippen MR) is 160 cm³/mol. The molecule has 0 saturated heterocycles. The van der Waals surface area contributed by atoms with E-state index in [1.807, 2.05) is 48.5 Å². The minimum Gasteiger partial charge on any atom is -0.353 e. The van der Waals surface area contributed by atoms with Gasteiger partial charge in [0, 0.05) is 29.1 Å². The number of hydrogen-bond acceptors (Lipinski definition) is 4. The molecular weight excluding hydrogens is 515 g/mol. The maximum absolute atomic E-state index is 14.0. The van der Waals surface area contributed by atoms with E-state index in [1.165, 1.54) is 25.3 Å². The molecular formula is C33H29FN6O. The van der Waals surface area contributed by atoms with E-state index in [4.69, 9.17) is 4.98 Å². The van der Waals surface area contributed by atoms with Gasteiger partial charge in [-0.1, -0.05) is 43.5 Å². The Morgan fingerprint density at radius 3 is 2.68 bits per heavy atom. The van der Waals surface area contributed by atoms with E-state index in [0.717, 1.165) is 57.3 Å². The summed E-state index contributed by atoms with van der Waals surface area (Å²) in [5.41, 5.74) is 7.89. The second-order valence-electron chi connectivity index (χ2n) is 10.8. The van der Waals surface area contributed by atoms with Gasteiger partial charge in [-0.2, -0.15) is 5.10 Å². The number of benzene rings is 2. The first-order chi connectivity index (χ1) is 20.1. The molecule has 3 N–H and O–H groups in total. The maximum Gasteiger partial charge on any atom is 0.224 e. The van der Waals surface area contributed by atoms with E-state index in [-0.39, 0.29) is 11.7 Å². The lowest BCUT2D eigenvalue weighted by Crippen LogP contribution is -2.18. The standard InChI is InChI=1S/C33H29FN6O/c34-23-9-4-8-21(15-23)25-10-5-11-28-26(25)17-30(37-28)33-32-29(39-40-33)13-12-27(38-32)22-16-24(19-35-18-22)36-31(41)14-20-6-2-1-3-7-20/h4-5,8-13,15-20,37H,1-3,6-7,14H2,(H,36,41)(H,39,40). The van der Waals surface area contributed by atoms with E-state index >= 15 is 0 Å². The summed E-state index contributed by atoms with van der Waals surface area (Å²) in [6.07, 6.45) is 9.94. The van der Waals surface area contributed by atoms with E-state index in [2.05, 4.69) is 25.5 Å². The first-order valence-electron chi connectivity index (χ1n) is 14.1. The summed E-state index contributed by atoms with van der Waals surface area (Å²) in [6, 6.07) is 20.4. The van der Waals surface area contributed by atoms with E-state index in [1.54, 1.807) is 24.5 Å². The zero-order valence-electron chi connectivity index (χ0n) is 22.5. The molecule has 0 bridgehead atoms. The first-order valence-corrected chi connectivity index (χ1v) is 14.1. The third-order valence-corrected chi connectivity index (χ3v) is 7.98. The van der Waals surface area contributed by atoms with Crippen molar-refractivity contribution in [3.05, 3.63) is 84.9 Å². The van der Waals surface area contributed by atoms with Gasteiger partial charge in [0.05, 0.1) is 28.8 Å². The quantitative estimate of drug-likeness (QED) is 0.199. The molecule has 1 saturated carbocycles. The molecule has 1 aliphatic rings. The van der Waals surface area contributed by atoms with Crippen LogP contribution in [-0.2, 0) is 4.79 Å². The van der Waals surface area contributed by atoms with Crippen LogP contribution in [0.25, 0.3) is 55.7 Å². The van der Waals surface area contributed by atoms with Crippen LogP contribution in [0.15, 0.2) is 79.1 Å². The molecule has 4 heterocycles. The highest BCUT2D eigenvalue weighted by molar-refractivity contribution is 6.00. The molecule has 8 heteroatoms. The molecule has 1 fully saturated rings. The van der Waals surface area contributed by atoms with Crippen molar-refractivity contribution >= 4 is 33.5 Å². The summed E-state index contributed by atoms with van der Waals surface area (Å²) in [5.74, 6) is 0.235. The van der Waals surface area contributed by atoms with Gasteiger partial charge in [0.1, 0.15) is 17.0 Å². The first kappa shape index (κ1) is 25.1. The number of halogens is 1. The second-order valence-corrected chi connectivity index (χ2v) is 10.8. The van der Waals surface area contributed by atoms with Crippen molar-refractivity contribution in [1.82, 2.24) is 25.1 Å². The van der Waals surface area contributed by atoms with Crippen molar-refractivity contribution in [2.24, 2.45) is 5.92 Å². The van der Waals surface area contributed by atoms with Gasteiger partial charge in [-0.3, -0.25) is 14.9 Å². The molecule has 7 rings (SSSR count). The fourth-order valence-corrected chi connectivity index (χ4v) is 5.95. The van der Waals surface area contributed by atoms with Crippen LogP contribution in [-0.4, -0.2) is 31.1 Å². The second kappa shape index (κ2) is 10.6. The fourth-order valence-electron chi connectivity index (χ4n) is 5.95. The van der Waals surface area contributed by atoms with Gasteiger partial charge >= 0.3 is 0 Å². The third-order valence-electron chi connectivity index (χ3n) is 7.98. The topological polar surface area (TPSA) is 99.4 Å². The lowest BCUT2D eigenvalue weighted by atomic mass is 9.87. The number of fused-ring (bicyclic) bond motifs is 2. The van der Waals surface area contributed by atoms with Gasteiger partial charge in [0.25, 0.3) is 0 Å². The number of carbonyl (C=O) groups is 1. The van der Waals surface area contributed by atoms with Gasteiger partial charge in [-0.05, 0) is 72.4 Å². The molecule has 4 aromatic heterocycles. The molecule has 1 aliphatic carbocycles. The van der Waals surface area contributed by atoms with Gasteiger partial charge in [-0.15, -0.1) is 0 Å². The molecule has 0 unspecified atom stereocenters. The average Bonchev–Trinajstić information content (AvgIpc) is 3.61. The fraction of sp³-hybridized carbons (Fsp3) is 0.212. The Hall–Kier alpha value is -4.85. The van der Waals surface area contributed by atoms with E-state index in [0.29, 0.717) is 29.2 Å². The van der Waals surface area contributed by atoms with Gasteiger partial charge < -0.3 is 10.3 Å². The predicted octanol–water partition coefficient (Wildman–Crippen LogP) is 7.88. The van der Waals surface area contributed by atoms with Crippen LogP contribution < -0.4 is 5.32 Å². The SMILES string of the molecule is O=C(CC1CCCCC1)Nc1cncc(-c2ccc3[nH]nc(-c4cc5c(-c6cccc(F)c6)cccc5[nH]4)c3n2)c1. The van der Waals surface area contributed by atoms with Crippen molar-refractivity contribution in [3.8, 4) is 33.8 Å². The van der Waals surface area contributed by atoms with Crippen molar-refractivity contribution < 1.29 is 9.18 Å². The number of anilines is 1. The molecule has 1 amide bonds. The lowest BCUT2D eigenvalue weighted by Gasteiger charge is -2.20. The molecule has 0 spiro atoms. The third kappa shape index (κ3) is 5.09. The Morgan fingerprint density at radius 2 is 1.80 bits per heavy atom. The minimum atomic E-state index is -0.271. The van der Waals surface area contributed by atoms with Crippen LogP contribution >= 0.6 is 0 Å². The zero-order chi connectivity index (χ0) is 27.8. The molecule has 204 valence electrons. The van der Waals surface area contributed by atoms with Crippen LogP contribution in [0.1, 0.15) is 38.5 Å². The Bertz CT molecular complexity index is 1880. The van der Waals surface area contributed by atoms with Crippen LogP contribution in [0.4, 0.5) is 10.1 Å². The van der Waals surface area contributed by atoms with E-state index in [9.17, 15) is 9.18 Å². The summed E-state index contributed by atoms with van der Waals surface area (Å²) in [7, 11) is 0. The smallest absolute Gasteiger partial charge is 0.224 e. The van der Waals surface area contributed by atoms with Crippen LogP contribution in [0.2, 0.25) is 0 Å². The highest BCUT2D eigenvalue weighted by Gasteiger charge is 2.18. The summed E-state index contributed by atoms with van der Waals surface area (Å²) >= 11 is 0. The summed E-state index contributed by atoms with van der Waals surface area (Å²) < 4.78 is 14.0. The number of nitrogens with zero attached hydrogens (tertiary/aromatic N) is 3. The van der Waals surface area contributed by atoms with Gasteiger partial charge in [-0.25, -0.2) is 9.37 Å². The number of carbonyl (C=O) groups excluding carboxylic acids is 1. The monoisotopic (exact) mass is 544 g/mol. The average molecular weight is 545 g/mol. The minimum absolute atomic E-state index is 0.0350. The maximum atomic E-state index is 14.0. The van der Waals surface area contributed by atoms with Gasteiger partial charge in [0.2, 0.25) is 5.91 Å². The molecule has 0 atom stereocenters. The molecule has 2 aromatic carbocycles. The Labute approximate surface area is 236 Å². The highest BCUT2D eigenvalue weighted by atomic mass is 19.1. The number of amides is 1. The van der Waals surface area contributed by atoms with Crippen LogP contribution in [0.3, 0.4) is 0 Å². The summed E-state index contributed by atoms with van der Waals surface area (Å²) in [5, 5.41) is 11.7. The summed E-state index contributed by atoms with van der Waals surface area (Å²) in [4.78, 5) is 25.5. The van der Waals surface area contributed by atoms with Crippen molar-refractivity contribution in [1.29, 1.82) is 0 Å². The Balaban J connectivity index is 1.19. The highest BCUT2D eigenvalue weighted by Crippen LogP contribution is 2.34. The van der Waals surface area contributed by atoms with Crippen LogP contribution in [0, 0.1) is 11.7 Å². The number of nitrogens with one attached hydrogen (secondary N) is 3. The van der Waals surface area contributed by atoms with Crippen LogP contribution in [0.5, 0.6) is 0 Å². The Kier molecular flexibility index (Phi) is 6.51. The van der Waals surface area contributed by atoms with Gasteiger partial charge in [0.15, 0.2) is 0 Å². The molecule has 41 heavy (non-hydrogen) atoms. The number of hydrogen-bond donors (Lipinski definition) is 3. The largest absolute Gasteiger partial charge is 0.353 e. The number of aromatic amines is 2. The van der Waals surface area contributed by atoms with Crippen molar-refractivity contribution in [3.63, 3.8) is 0 Å². The van der Waals surface area contributed by atoms with Crippen molar-refractivity contribution in [2.75, 3.05) is 5.32 Å². The normalized spacial score (nSPS) is 14.1.